The minimum absolute atomic E-state index is 0.198. The second kappa shape index (κ2) is 6.23. The number of nitrogens with zero attached hydrogens (tertiary/aromatic N) is 4. The van der Waals surface area contributed by atoms with Gasteiger partial charge in [-0.1, -0.05) is 30.3 Å². The summed E-state index contributed by atoms with van der Waals surface area (Å²) in [4.78, 5) is 21.5. The predicted octanol–water partition coefficient (Wildman–Crippen LogP) is 2.87. The maximum absolute atomic E-state index is 12.2. The Balaban J connectivity index is 1.35. The lowest BCUT2D eigenvalue weighted by molar-refractivity contribution is -0.130. The Bertz CT molecular complexity index is 797. The quantitative estimate of drug-likeness (QED) is 0.851. The Hall–Kier alpha value is -2.14. The van der Waals surface area contributed by atoms with Crippen molar-refractivity contribution in [2.24, 2.45) is 11.8 Å². The smallest absolute Gasteiger partial charge is 0.219 e. The first-order valence-electron chi connectivity index (χ1n) is 9.77. The van der Waals surface area contributed by atoms with E-state index < -0.39 is 0 Å². The van der Waals surface area contributed by atoms with Crippen LogP contribution in [0.4, 0.5) is 0 Å². The molecule has 5 heteroatoms. The zero-order valence-corrected chi connectivity index (χ0v) is 15.3. The molecule has 1 aromatic heterocycles. The summed E-state index contributed by atoms with van der Waals surface area (Å²) < 4.78 is 2.37. The molecule has 0 unspecified atom stereocenters. The van der Waals surface area contributed by atoms with Gasteiger partial charge in [-0.3, -0.25) is 9.69 Å². The molecule has 136 valence electrons. The SMILES string of the molecule is CC(=O)N1C[C@H]2CN(Cc3nccn3C3CC3)C[C@H]2[C@H]1c1ccccc1. The van der Waals surface area contributed by atoms with Crippen LogP contribution in [0.1, 0.15) is 43.2 Å². The molecule has 2 aromatic rings. The molecule has 0 bridgehead atoms. The fourth-order valence-corrected chi connectivity index (χ4v) is 5.02. The first-order valence-corrected chi connectivity index (χ1v) is 9.77. The van der Waals surface area contributed by atoms with Crippen LogP contribution in [0, 0.1) is 11.8 Å². The van der Waals surface area contributed by atoms with Crippen LogP contribution >= 0.6 is 0 Å². The molecule has 3 fully saturated rings. The number of hydrogen-bond acceptors (Lipinski definition) is 3. The van der Waals surface area contributed by atoms with Gasteiger partial charge < -0.3 is 9.47 Å². The third-order valence-corrected chi connectivity index (χ3v) is 6.34. The monoisotopic (exact) mass is 350 g/mol. The lowest BCUT2D eigenvalue weighted by Crippen LogP contribution is -2.34. The van der Waals surface area contributed by atoms with Crippen molar-refractivity contribution in [1.29, 1.82) is 0 Å². The third kappa shape index (κ3) is 2.75. The molecule has 3 atom stereocenters. The van der Waals surface area contributed by atoms with Crippen LogP contribution in [0.5, 0.6) is 0 Å². The Kier molecular flexibility index (Phi) is 3.85. The molecule has 0 spiro atoms. The Morgan fingerprint density at radius 2 is 1.96 bits per heavy atom. The lowest BCUT2D eigenvalue weighted by atomic mass is 9.89. The number of amides is 1. The fourth-order valence-electron chi connectivity index (χ4n) is 5.02. The van der Waals surface area contributed by atoms with Crippen LogP contribution in [0.25, 0.3) is 0 Å². The molecule has 0 N–H and O–H groups in total. The molecule has 3 aliphatic rings. The molecule has 1 amide bonds. The van der Waals surface area contributed by atoms with E-state index in [0.29, 0.717) is 17.9 Å². The van der Waals surface area contributed by atoms with Crippen molar-refractivity contribution in [2.45, 2.75) is 38.4 Å². The normalized spacial score (nSPS) is 28.5. The largest absolute Gasteiger partial charge is 0.335 e. The van der Waals surface area contributed by atoms with E-state index in [2.05, 4.69) is 49.8 Å². The predicted molar refractivity (Wildman–Crippen MR) is 99.3 cm³/mol. The van der Waals surface area contributed by atoms with Crippen molar-refractivity contribution in [2.75, 3.05) is 19.6 Å². The summed E-state index contributed by atoms with van der Waals surface area (Å²) in [5.74, 6) is 2.48. The topological polar surface area (TPSA) is 41.4 Å². The highest BCUT2D eigenvalue weighted by Gasteiger charge is 2.48. The number of rotatable bonds is 4. The summed E-state index contributed by atoms with van der Waals surface area (Å²) >= 11 is 0. The summed E-state index contributed by atoms with van der Waals surface area (Å²) in [7, 11) is 0. The van der Waals surface area contributed by atoms with Gasteiger partial charge in [0.25, 0.3) is 0 Å². The van der Waals surface area contributed by atoms with E-state index in [1.54, 1.807) is 6.92 Å². The van der Waals surface area contributed by atoms with Gasteiger partial charge in [0.2, 0.25) is 5.91 Å². The Morgan fingerprint density at radius 1 is 1.15 bits per heavy atom. The van der Waals surface area contributed by atoms with Gasteiger partial charge in [0.15, 0.2) is 0 Å². The number of aromatic nitrogens is 2. The van der Waals surface area contributed by atoms with Gasteiger partial charge in [0.1, 0.15) is 5.82 Å². The average Bonchev–Trinajstić information content (AvgIpc) is 3.09. The van der Waals surface area contributed by atoms with Crippen LogP contribution in [0.2, 0.25) is 0 Å². The standard InChI is InChI=1S/C21H26N4O/c1-15(26)25-12-17-11-23(14-20-22-9-10-24(20)18-7-8-18)13-19(17)21(25)16-5-3-2-4-6-16/h2-6,9-10,17-19,21H,7-8,11-14H2,1H3/t17-,19-,21-/m1/s1. The molecule has 26 heavy (non-hydrogen) atoms. The second-order valence-corrected chi connectivity index (χ2v) is 8.13. The Labute approximate surface area is 154 Å². The highest BCUT2D eigenvalue weighted by atomic mass is 16.2. The van der Waals surface area contributed by atoms with E-state index in [1.165, 1.54) is 24.2 Å². The molecule has 1 aliphatic carbocycles. The molecule has 2 saturated heterocycles. The number of likely N-dealkylation sites (tertiary alicyclic amines) is 2. The van der Waals surface area contributed by atoms with E-state index in [4.69, 9.17) is 0 Å². The van der Waals surface area contributed by atoms with E-state index in [1.807, 2.05) is 12.3 Å². The number of hydrogen-bond donors (Lipinski definition) is 0. The van der Waals surface area contributed by atoms with E-state index in [0.717, 1.165) is 26.2 Å². The van der Waals surface area contributed by atoms with Gasteiger partial charge in [0, 0.05) is 50.9 Å². The van der Waals surface area contributed by atoms with Crippen molar-refractivity contribution in [3.05, 3.63) is 54.1 Å². The van der Waals surface area contributed by atoms with E-state index in [9.17, 15) is 4.79 Å². The van der Waals surface area contributed by atoms with Gasteiger partial charge >= 0.3 is 0 Å². The molecular formula is C21H26N4O. The summed E-state index contributed by atoms with van der Waals surface area (Å²) in [6, 6.07) is 11.5. The number of carbonyl (C=O) groups is 1. The second-order valence-electron chi connectivity index (χ2n) is 8.13. The van der Waals surface area contributed by atoms with Crippen LogP contribution in [0.15, 0.2) is 42.7 Å². The summed E-state index contributed by atoms with van der Waals surface area (Å²) in [6.07, 6.45) is 6.65. The van der Waals surface area contributed by atoms with Crippen LogP contribution in [0.3, 0.4) is 0 Å². The van der Waals surface area contributed by atoms with Crippen LogP contribution < -0.4 is 0 Å². The van der Waals surface area contributed by atoms with E-state index >= 15 is 0 Å². The highest BCUT2D eigenvalue weighted by Crippen LogP contribution is 2.45. The summed E-state index contributed by atoms with van der Waals surface area (Å²) in [6.45, 7) is 5.63. The van der Waals surface area contributed by atoms with Crippen molar-refractivity contribution in [3.8, 4) is 0 Å². The number of imidazole rings is 1. The zero-order valence-electron chi connectivity index (χ0n) is 15.3. The lowest BCUT2D eigenvalue weighted by Gasteiger charge is -2.29. The van der Waals surface area contributed by atoms with Crippen molar-refractivity contribution >= 4 is 5.91 Å². The third-order valence-electron chi connectivity index (χ3n) is 6.34. The molecule has 5 nitrogen and oxygen atoms in total. The van der Waals surface area contributed by atoms with Crippen molar-refractivity contribution < 1.29 is 4.79 Å². The molecular weight excluding hydrogens is 324 g/mol. The number of benzene rings is 1. The molecule has 0 radical (unpaired) electrons. The summed E-state index contributed by atoms with van der Waals surface area (Å²) in [5, 5.41) is 0. The minimum Gasteiger partial charge on any atom is -0.335 e. The molecule has 1 saturated carbocycles. The minimum atomic E-state index is 0.198. The maximum Gasteiger partial charge on any atom is 0.219 e. The number of carbonyl (C=O) groups excluding carboxylic acids is 1. The van der Waals surface area contributed by atoms with Gasteiger partial charge in [-0.05, 0) is 24.3 Å². The summed E-state index contributed by atoms with van der Waals surface area (Å²) in [5.41, 5.74) is 1.27. The Morgan fingerprint density at radius 3 is 2.69 bits per heavy atom. The zero-order chi connectivity index (χ0) is 17.7. The molecule has 1 aromatic carbocycles. The van der Waals surface area contributed by atoms with E-state index in [-0.39, 0.29) is 11.9 Å². The molecule has 2 aliphatic heterocycles. The van der Waals surface area contributed by atoms with Gasteiger partial charge in [-0.25, -0.2) is 4.98 Å². The average molecular weight is 350 g/mol. The number of fused-ring (bicyclic) bond motifs is 1. The van der Waals surface area contributed by atoms with Gasteiger partial charge in [-0.2, -0.15) is 0 Å². The van der Waals surface area contributed by atoms with Crippen LogP contribution in [-0.2, 0) is 11.3 Å². The fraction of sp³-hybridized carbons (Fsp3) is 0.524. The van der Waals surface area contributed by atoms with Crippen molar-refractivity contribution in [1.82, 2.24) is 19.4 Å². The molecule has 3 heterocycles. The highest BCUT2D eigenvalue weighted by molar-refractivity contribution is 5.74. The van der Waals surface area contributed by atoms with Crippen molar-refractivity contribution in [3.63, 3.8) is 0 Å². The maximum atomic E-state index is 12.2. The first kappa shape index (κ1) is 16.1. The molecule has 5 rings (SSSR count). The van der Waals surface area contributed by atoms with Gasteiger partial charge in [-0.15, -0.1) is 0 Å². The van der Waals surface area contributed by atoms with Gasteiger partial charge in [0.05, 0.1) is 12.6 Å². The van der Waals surface area contributed by atoms with Crippen LogP contribution in [-0.4, -0.2) is 44.9 Å². The first-order chi connectivity index (χ1) is 12.7.